The van der Waals surface area contributed by atoms with Gasteiger partial charge in [0.2, 0.25) is 0 Å². The molecule has 0 saturated carbocycles. The molecular formula is C23H26N2O2S. The summed E-state index contributed by atoms with van der Waals surface area (Å²) in [4.78, 5) is 20.4. The highest BCUT2D eigenvalue weighted by Gasteiger charge is 2.36. The van der Waals surface area contributed by atoms with Gasteiger partial charge in [0.25, 0.3) is 5.91 Å². The van der Waals surface area contributed by atoms with Crippen molar-refractivity contribution in [1.29, 1.82) is 0 Å². The third kappa shape index (κ3) is 4.30. The van der Waals surface area contributed by atoms with E-state index in [1.807, 2.05) is 67.3 Å². The normalized spacial score (nSPS) is 18.2. The summed E-state index contributed by atoms with van der Waals surface area (Å²) in [5, 5.41) is 0.737. The summed E-state index contributed by atoms with van der Waals surface area (Å²) < 4.78 is 5.28. The number of amides is 1. The maximum atomic E-state index is 13.1. The summed E-state index contributed by atoms with van der Waals surface area (Å²) in [7, 11) is 1.65. The van der Waals surface area contributed by atoms with Gasteiger partial charge in [0, 0.05) is 6.04 Å². The molecular weight excluding hydrogens is 368 g/mol. The second-order valence-electron chi connectivity index (χ2n) is 7.00. The Kier molecular flexibility index (Phi) is 6.25. The van der Waals surface area contributed by atoms with Crippen molar-refractivity contribution >= 4 is 34.6 Å². The van der Waals surface area contributed by atoms with E-state index in [0.29, 0.717) is 4.91 Å². The van der Waals surface area contributed by atoms with Gasteiger partial charge in [-0.15, -0.1) is 0 Å². The van der Waals surface area contributed by atoms with E-state index < -0.39 is 0 Å². The van der Waals surface area contributed by atoms with Crippen molar-refractivity contribution in [1.82, 2.24) is 4.90 Å². The van der Waals surface area contributed by atoms with Gasteiger partial charge in [0.1, 0.15) is 5.75 Å². The number of ether oxygens (including phenoxy) is 1. The Labute approximate surface area is 171 Å². The molecule has 0 aliphatic carbocycles. The molecule has 5 heteroatoms. The van der Waals surface area contributed by atoms with E-state index in [-0.39, 0.29) is 11.9 Å². The van der Waals surface area contributed by atoms with Gasteiger partial charge in [0.05, 0.1) is 17.7 Å². The zero-order valence-electron chi connectivity index (χ0n) is 17.0. The van der Waals surface area contributed by atoms with Crippen LogP contribution >= 0.6 is 11.8 Å². The molecule has 1 heterocycles. The van der Waals surface area contributed by atoms with E-state index >= 15 is 0 Å². The SMILES string of the molecule is CC[C@H](C)N1C(=O)/C(=C\c2ccc(OC)cc2C)SC1=Nc1ccc(C)cc1. The van der Waals surface area contributed by atoms with Crippen molar-refractivity contribution in [3.8, 4) is 5.75 Å². The first kappa shape index (κ1) is 20.2. The van der Waals surface area contributed by atoms with Crippen molar-refractivity contribution in [2.24, 2.45) is 4.99 Å². The van der Waals surface area contributed by atoms with Crippen LogP contribution in [0.3, 0.4) is 0 Å². The Morgan fingerprint density at radius 2 is 1.89 bits per heavy atom. The summed E-state index contributed by atoms with van der Waals surface area (Å²) >= 11 is 1.44. The van der Waals surface area contributed by atoms with Gasteiger partial charge < -0.3 is 4.74 Å². The first-order valence-corrected chi connectivity index (χ1v) is 10.3. The number of carbonyl (C=O) groups excluding carboxylic acids is 1. The molecule has 0 radical (unpaired) electrons. The molecule has 2 aromatic carbocycles. The van der Waals surface area contributed by atoms with E-state index in [1.165, 1.54) is 17.3 Å². The van der Waals surface area contributed by atoms with Gasteiger partial charge in [0.15, 0.2) is 5.17 Å². The monoisotopic (exact) mass is 394 g/mol. The molecule has 1 aliphatic heterocycles. The molecule has 0 aromatic heterocycles. The number of amidine groups is 1. The zero-order valence-corrected chi connectivity index (χ0v) is 17.8. The quantitative estimate of drug-likeness (QED) is 0.610. The van der Waals surface area contributed by atoms with Gasteiger partial charge in [-0.1, -0.05) is 30.7 Å². The third-order valence-corrected chi connectivity index (χ3v) is 5.87. The lowest BCUT2D eigenvalue weighted by Crippen LogP contribution is -2.36. The number of benzene rings is 2. The molecule has 28 heavy (non-hydrogen) atoms. The maximum Gasteiger partial charge on any atom is 0.266 e. The second-order valence-corrected chi connectivity index (χ2v) is 8.00. The molecule has 0 N–H and O–H groups in total. The Bertz CT molecular complexity index is 932. The highest BCUT2D eigenvalue weighted by molar-refractivity contribution is 8.18. The molecule has 4 nitrogen and oxygen atoms in total. The summed E-state index contributed by atoms with van der Waals surface area (Å²) in [6, 6.07) is 14.0. The predicted octanol–water partition coefficient (Wildman–Crippen LogP) is 5.71. The molecule has 1 atom stereocenters. The van der Waals surface area contributed by atoms with Crippen LogP contribution < -0.4 is 4.74 Å². The minimum absolute atomic E-state index is 0.0143. The summed E-state index contributed by atoms with van der Waals surface area (Å²) in [5.74, 6) is 0.827. The van der Waals surface area contributed by atoms with Crippen molar-refractivity contribution in [2.45, 2.75) is 40.2 Å². The van der Waals surface area contributed by atoms with E-state index in [9.17, 15) is 4.79 Å². The number of hydrogen-bond donors (Lipinski definition) is 0. The van der Waals surface area contributed by atoms with Crippen molar-refractivity contribution in [3.05, 3.63) is 64.1 Å². The molecule has 1 saturated heterocycles. The van der Waals surface area contributed by atoms with E-state index in [4.69, 9.17) is 9.73 Å². The number of aliphatic imine (C=N–C) groups is 1. The lowest BCUT2D eigenvalue weighted by atomic mass is 10.1. The van der Waals surface area contributed by atoms with E-state index in [2.05, 4.69) is 13.8 Å². The van der Waals surface area contributed by atoms with Gasteiger partial charge in [-0.05, 0) is 80.4 Å². The van der Waals surface area contributed by atoms with Crippen molar-refractivity contribution in [3.63, 3.8) is 0 Å². The Morgan fingerprint density at radius 3 is 2.50 bits per heavy atom. The lowest BCUT2D eigenvalue weighted by molar-refractivity contribution is -0.123. The van der Waals surface area contributed by atoms with Crippen molar-refractivity contribution in [2.75, 3.05) is 7.11 Å². The fourth-order valence-corrected chi connectivity index (χ4v) is 4.02. The summed E-state index contributed by atoms with van der Waals surface area (Å²) in [6.07, 6.45) is 2.82. The molecule has 1 fully saturated rings. The molecule has 3 rings (SSSR count). The number of thioether (sulfide) groups is 1. The summed E-state index contributed by atoms with van der Waals surface area (Å²) in [6.45, 7) is 8.22. The summed E-state index contributed by atoms with van der Waals surface area (Å²) in [5.41, 5.74) is 4.13. The van der Waals surface area contributed by atoms with Crippen LogP contribution in [0.5, 0.6) is 5.75 Å². The van der Waals surface area contributed by atoms with Gasteiger partial charge in [-0.3, -0.25) is 9.69 Å². The van der Waals surface area contributed by atoms with Gasteiger partial charge >= 0.3 is 0 Å². The molecule has 2 aromatic rings. The van der Waals surface area contributed by atoms with Crippen LogP contribution in [0, 0.1) is 13.8 Å². The first-order chi connectivity index (χ1) is 13.4. The topological polar surface area (TPSA) is 41.9 Å². The fourth-order valence-electron chi connectivity index (χ4n) is 2.94. The molecule has 0 bridgehead atoms. The van der Waals surface area contributed by atoms with Crippen LogP contribution in [-0.4, -0.2) is 29.1 Å². The molecule has 0 unspecified atom stereocenters. The standard InChI is InChI=1S/C23H26N2O2S/c1-6-17(4)25-22(26)21(14-18-9-12-20(27-5)13-16(18)3)28-23(25)24-19-10-7-15(2)8-11-19/h7-14,17H,6H2,1-5H3/b21-14+,24-23?/t17-/m0/s1. The average Bonchev–Trinajstić information content (AvgIpc) is 2.99. The molecule has 0 spiro atoms. The smallest absolute Gasteiger partial charge is 0.266 e. The number of nitrogens with zero attached hydrogens (tertiary/aromatic N) is 2. The Hall–Kier alpha value is -2.53. The molecule has 146 valence electrons. The Morgan fingerprint density at radius 1 is 1.18 bits per heavy atom. The van der Waals surface area contributed by atoms with Crippen LogP contribution in [0.1, 0.15) is 37.0 Å². The minimum Gasteiger partial charge on any atom is -0.497 e. The fraction of sp³-hybridized carbons (Fsp3) is 0.304. The average molecular weight is 395 g/mol. The highest BCUT2D eigenvalue weighted by Crippen LogP contribution is 2.36. The van der Waals surface area contributed by atoms with Crippen LogP contribution in [0.4, 0.5) is 5.69 Å². The largest absolute Gasteiger partial charge is 0.497 e. The molecule has 1 aliphatic rings. The number of hydrogen-bond acceptors (Lipinski definition) is 4. The lowest BCUT2D eigenvalue weighted by Gasteiger charge is -2.22. The van der Waals surface area contributed by atoms with Gasteiger partial charge in [-0.25, -0.2) is 4.99 Å². The van der Waals surface area contributed by atoms with E-state index in [0.717, 1.165) is 34.2 Å². The van der Waals surface area contributed by atoms with E-state index in [1.54, 1.807) is 7.11 Å². The Balaban J connectivity index is 1.98. The highest BCUT2D eigenvalue weighted by atomic mass is 32.2. The molecule has 1 amide bonds. The first-order valence-electron chi connectivity index (χ1n) is 9.46. The van der Waals surface area contributed by atoms with Crippen LogP contribution in [0.15, 0.2) is 52.4 Å². The minimum atomic E-state index is 0.0143. The van der Waals surface area contributed by atoms with Gasteiger partial charge in [-0.2, -0.15) is 0 Å². The van der Waals surface area contributed by atoms with Crippen LogP contribution in [0.2, 0.25) is 0 Å². The van der Waals surface area contributed by atoms with Crippen molar-refractivity contribution < 1.29 is 9.53 Å². The third-order valence-electron chi connectivity index (χ3n) is 4.89. The number of aryl methyl sites for hydroxylation is 2. The predicted molar refractivity (Wildman–Crippen MR) is 118 cm³/mol. The zero-order chi connectivity index (χ0) is 20.3. The van der Waals surface area contributed by atoms with Crippen LogP contribution in [0.25, 0.3) is 6.08 Å². The number of carbonyl (C=O) groups is 1. The maximum absolute atomic E-state index is 13.1. The number of methoxy groups -OCH3 is 1. The van der Waals surface area contributed by atoms with Crippen LogP contribution in [-0.2, 0) is 4.79 Å². The second kappa shape index (κ2) is 8.65. The number of rotatable bonds is 5.